The summed E-state index contributed by atoms with van der Waals surface area (Å²) >= 11 is 0. The molecular formula is C9H16N. The molecule has 2 rings (SSSR count). The van der Waals surface area contributed by atoms with Crippen LogP contribution < -0.4 is 5.32 Å². The Morgan fingerprint density at radius 3 is 2.90 bits per heavy atom. The summed E-state index contributed by atoms with van der Waals surface area (Å²) < 4.78 is 0. The van der Waals surface area contributed by atoms with Crippen LogP contribution in [0.1, 0.15) is 19.8 Å². The van der Waals surface area contributed by atoms with Gasteiger partial charge in [0.2, 0.25) is 0 Å². The van der Waals surface area contributed by atoms with Gasteiger partial charge in [0, 0.05) is 6.04 Å². The maximum atomic E-state index is 4.10. The molecule has 10 heavy (non-hydrogen) atoms. The molecule has 1 N–H and O–H groups in total. The quantitative estimate of drug-likeness (QED) is 0.534. The topological polar surface area (TPSA) is 12.0 Å². The van der Waals surface area contributed by atoms with E-state index in [0.717, 1.165) is 17.8 Å². The van der Waals surface area contributed by atoms with Crippen LogP contribution in [0.25, 0.3) is 0 Å². The summed E-state index contributed by atoms with van der Waals surface area (Å²) in [6, 6.07) is 0.551. The smallest absolute Gasteiger partial charge is 0.00992 e. The van der Waals surface area contributed by atoms with Gasteiger partial charge in [-0.15, -0.1) is 0 Å². The van der Waals surface area contributed by atoms with Crippen molar-refractivity contribution in [1.82, 2.24) is 5.32 Å². The van der Waals surface area contributed by atoms with Gasteiger partial charge in [-0.1, -0.05) is 6.92 Å². The number of hydrogen-bond donors (Lipinski definition) is 1. The molecule has 4 atom stereocenters. The maximum Gasteiger partial charge on any atom is 0.00992 e. The van der Waals surface area contributed by atoms with Gasteiger partial charge in [-0.2, -0.15) is 0 Å². The highest BCUT2D eigenvalue weighted by Crippen LogP contribution is 2.40. The van der Waals surface area contributed by atoms with Crippen molar-refractivity contribution >= 4 is 0 Å². The van der Waals surface area contributed by atoms with E-state index in [1.165, 1.54) is 19.4 Å². The Bertz CT molecular complexity index is 133. The Kier molecular flexibility index (Phi) is 1.48. The minimum absolute atomic E-state index is 0.551. The molecule has 1 heteroatoms. The first-order valence-electron chi connectivity index (χ1n) is 4.34. The summed E-state index contributed by atoms with van der Waals surface area (Å²) in [5.41, 5.74) is 0. The van der Waals surface area contributed by atoms with Crippen molar-refractivity contribution < 1.29 is 0 Å². The molecule has 1 aliphatic heterocycles. The summed E-state index contributed by atoms with van der Waals surface area (Å²) in [6.07, 6.45) is 2.84. The first-order chi connectivity index (χ1) is 4.77. The predicted octanol–water partition coefficient (Wildman–Crippen LogP) is 1.45. The second kappa shape index (κ2) is 2.23. The van der Waals surface area contributed by atoms with Crippen molar-refractivity contribution in [2.45, 2.75) is 25.8 Å². The second-order valence-electron chi connectivity index (χ2n) is 4.02. The van der Waals surface area contributed by atoms with Crippen molar-refractivity contribution in [3.63, 3.8) is 0 Å². The SMILES string of the molecule is [CH2][C@@H]1NC[C@@H]2CC(C)C[C@@H]21. The van der Waals surface area contributed by atoms with Crippen molar-refractivity contribution in [2.24, 2.45) is 17.8 Å². The summed E-state index contributed by atoms with van der Waals surface area (Å²) in [7, 11) is 0. The fourth-order valence-corrected chi connectivity index (χ4v) is 2.63. The maximum absolute atomic E-state index is 4.10. The first-order valence-corrected chi connectivity index (χ1v) is 4.34. The summed E-state index contributed by atoms with van der Waals surface area (Å²) in [6.45, 7) is 7.70. The predicted molar refractivity (Wildman–Crippen MR) is 42.5 cm³/mol. The van der Waals surface area contributed by atoms with Gasteiger partial charge in [0.1, 0.15) is 0 Å². The first kappa shape index (κ1) is 6.66. The number of fused-ring (bicyclic) bond motifs is 1. The number of hydrogen-bond acceptors (Lipinski definition) is 1. The van der Waals surface area contributed by atoms with Gasteiger partial charge < -0.3 is 5.32 Å². The molecule has 0 aromatic rings. The monoisotopic (exact) mass is 138 g/mol. The van der Waals surface area contributed by atoms with Crippen LogP contribution in [0.15, 0.2) is 0 Å². The van der Waals surface area contributed by atoms with Crippen molar-refractivity contribution in [2.75, 3.05) is 6.54 Å². The molecule has 2 fully saturated rings. The molecule has 0 aromatic carbocycles. The molecule has 1 saturated carbocycles. The van der Waals surface area contributed by atoms with Crippen molar-refractivity contribution in [3.05, 3.63) is 6.92 Å². The molecule has 0 amide bonds. The summed E-state index contributed by atoms with van der Waals surface area (Å²) in [5, 5.41) is 3.43. The van der Waals surface area contributed by atoms with E-state index in [1.54, 1.807) is 0 Å². The molecule has 2 aliphatic rings. The molecule has 1 nitrogen and oxygen atoms in total. The highest BCUT2D eigenvalue weighted by Gasteiger charge is 2.39. The zero-order chi connectivity index (χ0) is 7.14. The van der Waals surface area contributed by atoms with E-state index in [0.29, 0.717) is 6.04 Å². The van der Waals surface area contributed by atoms with Gasteiger partial charge >= 0.3 is 0 Å². The minimum atomic E-state index is 0.551. The van der Waals surface area contributed by atoms with E-state index in [-0.39, 0.29) is 0 Å². The third-order valence-corrected chi connectivity index (χ3v) is 3.14. The van der Waals surface area contributed by atoms with E-state index < -0.39 is 0 Å². The Morgan fingerprint density at radius 1 is 1.40 bits per heavy atom. The fraction of sp³-hybridized carbons (Fsp3) is 0.889. The van der Waals surface area contributed by atoms with Crippen molar-refractivity contribution in [3.8, 4) is 0 Å². The zero-order valence-electron chi connectivity index (χ0n) is 6.64. The normalized spacial score (nSPS) is 53.4. The summed E-state index contributed by atoms with van der Waals surface area (Å²) in [5.74, 6) is 2.81. The Labute approximate surface area is 63.2 Å². The lowest BCUT2D eigenvalue weighted by molar-refractivity contribution is 0.449. The molecule has 1 radical (unpaired) electrons. The third kappa shape index (κ3) is 0.878. The van der Waals surface area contributed by atoms with Crippen LogP contribution in [0.5, 0.6) is 0 Å². The standard InChI is InChI=1S/C9H16N/c1-6-3-8-5-10-7(2)9(8)4-6/h6-10H,2-5H2,1H3/t6?,7-,8-,9+/m0/s1. The molecule has 0 aromatic heterocycles. The fourth-order valence-electron chi connectivity index (χ4n) is 2.63. The van der Waals surface area contributed by atoms with E-state index in [4.69, 9.17) is 0 Å². The van der Waals surface area contributed by atoms with Crippen molar-refractivity contribution in [1.29, 1.82) is 0 Å². The lowest BCUT2D eigenvalue weighted by Crippen LogP contribution is -2.23. The van der Waals surface area contributed by atoms with Gasteiger partial charge in [-0.25, -0.2) is 0 Å². The highest BCUT2D eigenvalue weighted by atomic mass is 15.0. The van der Waals surface area contributed by atoms with Crippen LogP contribution in [0.2, 0.25) is 0 Å². The molecular weight excluding hydrogens is 122 g/mol. The molecule has 1 aliphatic carbocycles. The number of rotatable bonds is 0. The second-order valence-corrected chi connectivity index (χ2v) is 4.02. The van der Waals surface area contributed by atoms with Crippen LogP contribution in [0.4, 0.5) is 0 Å². The Hall–Kier alpha value is -0.0400. The van der Waals surface area contributed by atoms with Crippen LogP contribution in [-0.2, 0) is 0 Å². The van der Waals surface area contributed by atoms with Gasteiger partial charge in [0.25, 0.3) is 0 Å². The van der Waals surface area contributed by atoms with Gasteiger partial charge in [0.15, 0.2) is 0 Å². The molecule has 1 heterocycles. The van der Waals surface area contributed by atoms with E-state index in [9.17, 15) is 0 Å². The van der Waals surface area contributed by atoms with Gasteiger partial charge in [-0.05, 0) is 44.1 Å². The highest BCUT2D eigenvalue weighted by molar-refractivity contribution is 4.96. The molecule has 57 valence electrons. The van der Waals surface area contributed by atoms with Crippen LogP contribution in [-0.4, -0.2) is 12.6 Å². The minimum Gasteiger partial charge on any atom is -0.313 e. The average Bonchev–Trinajstić information content (AvgIpc) is 2.35. The van der Waals surface area contributed by atoms with E-state index >= 15 is 0 Å². The molecule has 1 saturated heterocycles. The average molecular weight is 138 g/mol. The van der Waals surface area contributed by atoms with Crippen LogP contribution in [0, 0.1) is 24.7 Å². The van der Waals surface area contributed by atoms with E-state index in [2.05, 4.69) is 19.2 Å². The van der Waals surface area contributed by atoms with E-state index in [1.807, 2.05) is 0 Å². The van der Waals surface area contributed by atoms with Gasteiger partial charge in [-0.3, -0.25) is 0 Å². The lowest BCUT2D eigenvalue weighted by atomic mass is 9.95. The zero-order valence-corrected chi connectivity index (χ0v) is 6.64. The molecule has 1 unspecified atom stereocenters. The van der Waals surface area contributed by atoms with Crippen LogP contribution >= 0.6 is 0 Å². The molecule has 0 bridgehead atoms. The number of nitrogens with one attached hydrogen (secondary N) is 1. The van der Waals surface area contributed by atoms with Gasteiger partial charge in [0.05, 0.1) is 0 Å². The lowest BCUT2D eigenvalue weighted by Gasteiger charge is -2.11. The summed E-state index contributed by atoms with van der Waals surface area (Å²) in [4.78, 5) is 0. The van der Waals surface area contributed by atoms with Crippen LogP contribution in [0.3, 0.4) is 0 Å². The largest absolute Gasteiger partial charge is 0.313 e. The Balaban J connectivity index is 2.05. The Morgan fingerprint density at radius 2 is 2.20 bits per heavy atom. The third-order valence-electron chi connectivity index (χ3n) is 3.14. The molecule has 0 spiro atoms.